The SMILES string of the molecule is CC(N)CCNC(=O)c1cccc(OCc2cccnc2)c1. The zero-order valence-electron chi connectivity index (χ0n) is 12.7. The van der Waals surface area contributed by atoms with Crippen LogP contribution in [0, 0.1) is 0 Å². The molecule has 0 bridgehead atoms. The Balaban J connectivity index is 1.90. The third-order valence-corrected chi connectivity index (χ3v) is 3.11. The number of nitrogens with one attached hydrogen (secondary N) is 1. The third kappa shape index (κ3) is 5.18. The fraction of sp³-hybridized carbons (Fsp3) is 0.294. The summed E-state index contributed by atoms with van der Waals surface area (Å²) < 4.78 is 5.69. The van der Waals surface area contributed by atoms with Crippen molar-refractivity contribution in [1.82, 2.24) is 10.3 Å². The first kappa shape index (κ1) is 16.0. The van der Waals surface area contributed by atoms with Gasteiger partial charge in [-0.05, 0) is 37.6 Å². The van der Waals surface area contributed by atoms with Crippen molar-refractivity contribution < 1.29 is 9.53 Å². The van der Waals surface area contributed by atoms with Crippen molar-refractivity contribution in [3.8, 4) is 5.75 Å². The number of benzene rings is 1. The normalized spacial score (nSPS) is 11.7. The number of rotatable bonds is 7. The molecule has 2 rings (SSSR count). The van der Waals surface area contributed by atoms with Crippen LogP contribution in [0.3, 0.4) is 0 Å². The Bertz CT molecular complexity index is 600. The Morgan fingerprint density at radius 1 is 1.36 bits per heavy atom. The van der Waals surface area contributed by atoms with Crippen LogP contribution in [0.5, 0.6) is 5.75 Å². The molecule has 5 heteroatoms. The first-order valence-corrected chi connectivity index (χ1v) is 7.30. The van der Waals surface area contributed by atoms with E-state index in [4.69, 9.17) is 10.5 Å². The molecule has 1 unspecified atom stereocenters. The average molecular weight is 299 g/mol. The topological polar surface area (TPSA) is 77.2 Å². The fourth-order valence-electron chi connectivity index (χ4n) is 1.89. The third-order valence-electron chi connectivity index (χ3n) is 3.11. The predicted molar refractivity (Wildman–Crippen MR) is 85.6 cm³/mol. The Morgan fingerprint density at radius 2 is 2.23 bits per heavy atom. The largest absolute Gasteiger partial charge is 0.489 e. The minimum Gasteiger partial charge on any atom is -0.489 e. The lowest BCUT2D eigenvalue weighted by Crippen LogP contribution is -2.28. The standard InChI is InChI=1S/C17H21N3O2/c1-13(18)7-9-20-17(21)15-5-2-6-16(10-15)22-12-14-4-3-8-19-11-14/h2-6,8,10-11,13H,7,9,12,18H2,1H3,(H,20,21). The number of pyridine rings is 1. The maximum Gasteiger partial charge on any atom is 0.251 e. The van der Waals surface area contributed by atoms with Crippen molar-refractivity contribution >= 4 is 5.91 Å². The summed E-state index contributed by atoms with van der Waals surface area (Å²) in [5.74, 6) is 0.538. The molecule has 5 nitrogen and oxygen atoms in total. The van der Waals surface area contributed by atoms with Gasteiger partial charge in [-0.25, -0.2) is 0 Å². The van der Waals surface area contributed by atoms with E-state index in [9.17, 15) is 4.79 Å². The van der Waals surface area contributed by atoms with Crippen LogP contribution in [0.1, 0.15) is 29.3 Å². The lowest BCUT2D eigenvalue weighted by atomic mass is 10.2. The van der Waals surface area contributed by atoms with E-state index in [0.29, 0.717) is 24.5 Å². The van der Waals surface area contributed by atoms with E-state index >= 15 is 0 Å². The molecular formula is C17H21N3O2. The molecule has 1 heterocycles. The van der Waals surface area contributed by atoms with Gasteiger partial charge in [0, 0.05) is 36.1 Å². The summed E-state index contributed by atoms with van der Waals surface area (Å²) in [4.78, 5) is 16.1. The molecule has 3 N–H and O–H groups in total. The summed E-state index contributed by atoms with van der Waals surface area (Å²) in [6.45, 7) is 2.90. The van der Waals surface area contributed by atoms with Gasteiger partial charge in [-0.3, -0.25) is 9.78 Å². The Hall–Kier alpha value is -2.40. The van der Waals surface area contributed by atoms with Crippen LogP contribution in [0.25, 0.3) is 0 Å². The van der Waals surface area contributed by atoms with Gasteiger partial charge in [0.05, 0.1) is 0 Å². The highest BCUT2D eigenvalue weighted by Gasteiger charge is 2.07. The number of hydrogen-bond donors (Lipinski definition) is 2. The molecule has 2 aromatic rings. The summed E-state index contributed by atoms with van der Waals surface area (Å²) >= 11 is 0. The summed E-state index contributed by atoms with van der Waals surface area (Å²) in [6.07, 6.45) is 4.23. The molecule has 0 aliphatic carbocycles. The lowest BCUT2D eigenvalue weighted by molar-refractivity contribution is 0.0952. The summed E-state index contributed by atoms with van der Waals surface area (Å²) in [5, 5.41) is 2.85. The molecule has 1 amide bonds. The molecular weight excluding hydrogens is 278 g/mol. The minimum atomic E-state index is -0.118. The highest BCUT2D eigenvalue weighted by molar-refractivity contribution is 5.94. The van der Waals surface area contributed by atoms with E-state index < -0.39 is 0 Å². The molecule has 0 saturated carbocycles. The highest BCUT2D eigenvalue weighted by Crippen LogP contribution is 2.15. The maximum absolute atomic E-state index is 12.0. The number of carbonyl (C=O) groups excluding carboxylic acids is 1. The van der Waals surface area contributed by atoms with Crippen LogP contribution in [0.4, 0.5) is 0 Å². The number of nitrogens with zero attached hydrogens (tertiary/aromatic N) is 1. The van der Waals surface area contributed by atoms with E-state index in [1.165, 1.54) is 0 Å². The van der Waals surface area contributed by atoms with Crippen molar-refractivity contribution in [3.63, 3.8) is 0 Å². The summed E-state index contributed by atoms with van der Waals surface area (Å²) in [6, 6.07) is 11.0. The zero-order chi connectivity index (χ0) is 15.8. The molecule has 0 aliphatic heterocycles. The number of ether oxygens (including phenoxy) is 1. The second-order valence-corrected chi connectivity index (χ2v) is 5.20. The Morgan fingerprint density at radius 3 is 2.95 bits per heavy atom. The van der Waals surface area contributed by atoms with Crippen LogP contribution >= 0.6 is 0 Å². The fourth-order valence-corrected chi connectivity index (χ4v) is 1.89. The van der Waals surface area contributed by atoms with Crippen molar-refractivity contribution in [2.75, 3.05) is 6.54 Å². The quantitative estimate of drug-likeness (QED) is 0.821. The number of carbonyl (C=O) groups is 1. The van der Waals surface area contributed by atoms with Gasteiger partial charge in [0.2, 0.25) is 0 Å². The molecule has 22 heavy (non-hydrogen) atoms. The molecule has 0 saturated heterocycles. The Kier molecular flexibility index (Phi) is 5.91. The molecule has 116 valence electrons. The van der Waals surface area contributed by atoms with Crippen molar-refractivity contribution in [1.29, 1.82) is 0 Å². The van der Waals surface area contributed by atoms with Gasteiger partial charge >= 0.3 is 0 Å². The first-order chi connectivity index (χ1) is 10.6. The average Bonchev–Trinajstić information content (AvgIpc) is 2.54. The predicted octanol–water partition coefficient (Wildman–Crippen LogP) is 2.13. The molecule has 0 fully saturated rings. The van der Waals surface area contributed by atoms with E-state index in [-0.39, 0.29) is 11.9 Å². The van der Waals surface area contributed by atoms with Crippen LogP contribution in [-0.4, -0.2) is 23.5 Å². The van der Waals surface area contributed by atoms with E-state index in [2.05, 4.69) is 10.3 Å². The summed E-state index contributed by atoms with van der Waals surface area (Å²) in [7, 11) is 0. The van der Waals surface area contributed by atoms with Gasteiger partial charge in [0.15, 0.2) is 0 Å². The van der Waals surface area contributed by atoms with E-state index in [0.717, 1.165) is 12.0 Å². The van der Waals surface area contributed by atoms with Crippen molar-refractivity contribution in [2.24, 2.45) is 5.73 Å². The maximum atomic E-state index is 12.0. The lowest BCUT2D eigenvalue weighted by Gasteiger charge is -2.09. The van der Waals surface area contributed by atoms with Gasteiger partial charge in [0.25, 0.3) is 5.91 Å². The molecule has 0 radical (unpaired) electrons. The summed E-state index contributed by atoms with van der Waals surface area (Å²) in [5.41, 5.74) is 7.22. The van der Waals surface area contributed by atoms with Gasteiger partial charge in [0.1, 0.15) is 12.4 Å². The first-order valence-electron chi connectivity index (χ1n) is 7.30. The highest BCUT2D eigenvalue weighted by atomic mass is 16.5. The van der Waals surface area contributed by atoms with Gasteiger partial charge in [-0.2, -0.15) is 0 Å². The number of amides is 1. The zero-order valence-corrected chi connectivity index (χ0v) is 12.7. The van der Waals surface area contributed by atoms with Crippen LogP contribution < -0.4 is 15.8 Å². The molecule has 1 aromatic carbocycles. The Labute approximate surface area is 130 Å². The smallest absolute Gasteiger partial charge is 0.251 e. The van der Waals surface area contributed by atoms with E-state index in [1.807, 2.05) is 25.1 Å². The van der Waals surface area contributed by atoms with Gasteiger partial charge in [-0.15, -0.1) is 0 Å². The number of nitrogens with two attached hydrogens (primary N) is 1. The molecule has 1 atom stereocenters. The monoisotopic (exact) mass is 299 g/mol. The van der Waals surface area contributed by atoms with Gasteiger partial charge in [-0.1, -0.05) is 12.1 Å². The van der Waals surface area contributed by atoms with Crippen molar-refractivity contribution in [3.05, 3.63) is 59.9 Å². The van der Waals surface area contributed by atoms with E-state index in [1.54, 1.807) is 30.6 Å². The molecule has 1 aromatic heterocycles. The second kappa shape index (κ2) is 8.14. The van der Waals surface area contributed by atoms with Crippen molar-refractivity contribution in [2.45, 2.75) is 26.0 Å². The number of hydrogen-bond acceptors (Lipinski definition) is 4. The molecule has 0 aliphatic rings. The van der Waals surface area contributed by atoms with Crippen LogP contribution in [-0.2, 0) is 6.61 Å². The minimum absolute atomic E-state index is 0.0782. The van der Waals surface area contributed by atoms with Crippen LogP contribution in [0.2, 0.25) is 0 Å². The number of aromatic nitrogens is 1. The second-order valence-electron chi connectivity index (χ2n) is 5.20. The molecule has 0 spiro atoms. The van der Waals surface area contributed by atoms with Gasteiger partial charge < -0.3 is 15.8 Å². The van der Waals surface area contributed by atoms with Crippen LogP contribution in [0.15, 0.2) is 48.8 Å².